The number of hydrogen-bond acceptors (Lipinski definition) is 8. The molecule has 1 aromatic heterocycles. The zero-order valence-corrected chi connectivity index (χ0v) is 22.0. The number of ether oxygens (including phenoxy) is 2. The molecule has 3 aromatic rings. The first-order valence-corrected chi connectivity index (χ1v) is 13.1. The zero-order valence-electron chi connectivity index (χ0n) is 20.4. The Morgan fingerprint density at radius 1 is 1.00 bits per heavy atom. The van der Waals surface area contributed by atoms with Crippen LogP contribution in [0.15, 0.2) is 53.6 Å². The van der Waals surface area contributed by atoms with Crippen molar-refractivity contribution in [3.8, 4) is 5.75 Å². The number of carbonyl (C=O) groups excluding carboxylic acids is 4. The van der Waals surface area contributed by atoms with E-state index in [9.17, 15) is 19.2 Å². The Morgan fingerprint density at radius 3 is 2.50 bits per heavy atom. The van der Waals surface area contributed by atoms with E-state index < -0.39 is 23.8 Å². The van der Waals surface area contributed by atoms with Gasteiger partial charge in [0.25, 0.3) is 0 Å². The Labute approximate surface area is 227 Å². The Kier molecular flexibility index (Phi) is 8.88. The summed E-state index contributed by atoms with van der Waals surface area (Å²) in [5.41, 5.74) is 4.05. The van der Waals surface area contributed by atoms with E-state index in [1.54, 1.807) is 43.3 Å². The van der Waals surface area contributed by atoms with Crippen molar-refractivity contribution in [1.29, 1.82) is 0 Å². The van der Waals surface area contributed by atoms with Gasteiger partial charge in [-0.25, -0.2) is 15.0 Å². The number of hydrazone groups is 1. The van der Waals surface area contributed by atoms with Gasteiger partial charge in [0.05, 0.1) is 23.9 Å². The molecular weight excluding hydrogens is 530 g/mol. The largest absolute Gasteiger partial charge is 0.462 e. The highest BCUT2D eigenvalue weighted by atomic mass is 35.5. The van der Waals surface area contributed by atoms with Crippen molar-refractivity contribution in [1.82, 2.24) is 5.43 Å². The van der Waals surface area contributed by atoms with Gasteiger partial charge in [-0.05, 0) is 74.6 Å². The van der Waals surface area contributed by atoms with Gasteiger partial charge >= 0.3 is 23.8 Å². The molecule has 0 atom stereocenters. The zero-order chi connectivity index (χ0) is 27.1. The highest BCUT2D eigenvalue weighted by molar-refractivity contribution is 7.17. The van der Waals surface area contributed by atoms with E-state index in [2.05, 4.69) is 15.8 Å². The number of esters is 2. The number of nitrogens with one attached hydrogen (secondary N) is 2. The van der Waals surface area contributed by atoms with Crippen LogP contribution in [0.2, 0.25) is 5.02 Å². The molecule has 0 fully saturated rings. The predicted molar refractivity (Wildman–Crippen MR) is 144 cm³/mol. The van der Waals surface area contributed by atoms with E-state index in [0.717, 1.165) is 29.7 Å². The summed E-state index contributed by atoms with van der Waals surface area (Å²) < 4.78 is 10.6. The molecule has 9 nitrogen and oxygen atoms in total. The summed E-state index contributed by atoms with van der Waals surface area (Å²) in [6, 6.07) is 12.8. The van der Waals surface area contributed by atoms with Crippen LogP contribution >= 0.6 is 22.9 Å². The SMILES string of the molecule is CCOC(=O)c1c(NC(=O)C(=O)N/N=C\c2ccccc2OC(=O)c2ccc(Cl)cc2)sc2c1CCCC2. The molecule has 0 spiro atoms. The number of nitrogens with zero attached hydrogens (tertiary/aromatic N) is 1. The molecule has 0 unspecified atom stereocenters. The number of hydrogen-bond donors (Lipinski definition) is 2. The van der Waals surface area contributed by atoms with Crippen molar-refractivity contribution in [2.75, 3.05) is 11.9 Å². The molecule has 2 amide bonds. The van der Waals surface area contributed by atoms with Crippen LogP contribution in [0.5, 0.6) is 5.75 Å². The van der Waals surface area contributed by atoms with Crippen molar-refractivity contribution in [2.45, 2.75) is 32.6 Å². The summed E-state index contributed by atoms with van der Waals surface area (Å²) in [6.07, 6.45) is 4.71. The van der Waals surface area contributed by atoms with Crippen LogP contribution in [-0.2, 0) is 27.2 Å². The third-order valence-electron chi connectivity index (χ3n) is 5.66. The van der Waals surface area contributed by atoms with Gasteiger partial charge in [0.15, 0.2) is 0 Å². The van der Waals surface area contributed by atoms with Gasteiger partial charge in [-0.1, -0.05) is 23.7 Å². The molecule has 0 radical (unpaired) electrons. The van der Waals surface area contributed by atoms with Gasteiger partial charge in [0.1, 0.15) is 10.8 Å². The monoisotopic (exact) mass is 553 g/mol. The third-order valence-corrected chi connectivity index (χ3v) is 7.11. The lowest BCUT2D eigenvalue weighted by Gasteiger charge is -2.12. The molecule has 0 saturated carbocycles. The van der Waals surface area contributed by atoms with Crippen molar-refractivity contribution >= 4 is 57.9 Å². The second-order valence-electron chi connectivity index (χ2n) is 8.22. The maximum absolute atomic E-state index is 12.6. The van der Waals surface area contributed by atoms with Crippen LogP contribution in [-0.4, -0.2) is 36.6 Å². The Bertz CT molecular complexity index is 1400. The smallest absolute Gasteiger partial charge is 0.343 e. The average Bonchev–Trinajstić information content (AvgIpc) is 3.28. The number of halogens is 1. The van der Waals surface area contributed by atoms with Crippen molar-refractivity contribution in [3.63, 3.8) is 0 Å². The van der Waals surface area contributed by atoms with Gasteiger partial charge in [-0.3, -0.25) is 9.59 Å². The molecule has 2 aromatic carbocycles. The van der Waals surface area contributed by atoms with Crippen molar-refractivity contribution in [3.05, 3.63) is 80.7 Å². The first-order valence-electron chi connectivity index (χ1n) is 11.9. The fraction of sp³-hybridized carbons (Fsp3) is 0.222. The van der Waals surface area contributed by atoms with E-state index in [1.165, 1.54) is 29.7 Å². The summed E-state index contributed by atoms with van der Waals surface area (Å²) in [5.74, 6) is -2.92. The molecule has 38 heavy (non-hydrogen) atoms. The molecule has 1 aliphatic carbocycles. The normalized spacial score (nSPS) is 12.5. The van der Waals surface area contributed by atoms with E-state index in [0.29, 0.717) is 33.1 Å². The summed E-state index contributed by atoms with van der Waals surface area (Å²) in [6.45, 7) is 1.90. The van der Waals surface area contributed by atoms with Gasteiger partial charge in [0, 0.05) is 15.5 Å². The minimum absolute atomic E-state index is 0.197. The maximum atomic E-state index is 12.6. The lowest BCUT2D eigenvalue weighted by molar-refractivity contribution is -0.136. The number of fused-ring (bicyclic) bond motifs is 1. The third kappa shape index (κ3) is 6.45. The second-order valence-corrected chi connectivity index (χ2v) is 9.76. The highest BCUT2D eigenvalue weighted by Crippen LogP contribution is 2.38. The number of amides is 2. The van der Waals surface area contributed by atoms with Crippen molar-refractivity contribution < 1.29 is 28.7 Å². The van der Waals surface area contributed by atoms with Gasteiger partial charge in [-0.15, -0.1) is 11.3 Å². The van der Waals surface area contributed by atoms with Crippen LogP contribution in [0.4, 0.5) is 5.00 Å². The molecule has 4 rings (SSSR count). The minimum Gasteiger partial charge on any atom is -0.462 e. The number of thiophene rings is 1. The lowest BCUT2D eigenvalue weighted by atomic mass is 9.95. The molecular formula is C27H24ClN3O6S. The fourth-order valence-corrected chi connectivity index (χ4v) is 5.27. The van der Waals surface area contributed by atoms with Gasteiger partial charge in [0.2, 0.25) is 0 Å². The van der Waals surface area contributed by atoms with E-state index in [4.69, 9.17) is 21.1 Å². The Hall–Kier alpha value is -4.02. The number of benzene rings is 2. The fourth-order valence-electron chi connectivity index (χ4n) is 3.87. The molecule has 1 aliphatic rings. The maximum Gasteiger partial charge on any atom is 0.343 e. The van der Waals surface area contributed by atoms with Crippen LogP contribution < -0.4 is 15.5 Å². The quantitative estimate of drug-likeness (QED) is 0.143. The van der Waals surface area contributed by atoms with Crippen LogP contribution in [0.25, 0.3) is 0 Å². The topological polar surface area (TPSA) is 123 Å². The van der Waals surface area contributed by atoms with E-state index in [-0.39, 0.29) is 12.4 Å². The molecule has 11 heteroatoms. The summed E-state index contributed by atoms with van der Waals surface area (Å²) in [4.78, 5) is 51.0. The summed E-state index contributed by atoms with van der Waals surface area (Å²) in [7, 11) is 0. The summed E-state index contributed by atoms with van der Waals surface area (Å²) in [5, 5.41) is 7.14. The second kappa shape index (κ2) is 12.5. The molecule has 0 saturated heterocycles. The molecule has 2 N–H and O–H groups in total. The Balaban J connectivity index is 1.41. The number of para-hydroxylation sites is 1. The standard InChI is InChI=1S/C27H24ClN3O6S/c1-2-36-27(35)22-19-8-4-6-10-21(19)38-25(22)30-23(32)24(33)31-29-15-17-7-3-5-9-20(17)37-26(34)16-11-13-18(28)14-12-16/h3,5,7,9,11-15H,2,4,6,8,10H2,1H3,(H,30,32)(H,31,33)/b29-15-. The number of rotatable bonds is 7. The lowest BCUT2D eigenvalue weighted by Crippen LogP contribution is -2.32. The average molecular weight is 554 g/mol. The number of anilines is 1. The van der Waals surface area contributed by atoms with E-state index >= 15 is 0 Å². The molecule has 0 aliphatic heterocycles. The number of carbonyl (C=O) groups is 4. The molecule has 196 valence electrons. The van der Waals surface area contributed by atoms with Gasteiger partial charge in [-0.2, -0.15) is 5.10 Å². The van der Waals surface area contributed by atoms with Crippen LogP contribution in [0.3, 0.4) is 0 Å². The first-order chi connectivity index (χ1) is 18.4. The van der Waals surface area contributed by atoms with Crippen LogP contribution in [0.1, 0.15) is 56.5 Å². The minimum atomic E-state index is -1.03. The molecule has 0 bridgehead atoms. The number of aryl methyl sites for hydroxylation is 1. The van der Waals surface area contributed by atoms with Gasteiger partial charge < -0.3 is 14.8 Å². The van der Waals surface area contributed by atoms with Crippen LogP contribution in [0, 0.1) is 0 Å². The van der Waals surface area contributed by atoms with E-state index in [1.807, 2.05) is 0 Å². The highest BCUT2D eigenvalue weighted by Gasteiger charge is 2.28. The summed E-state index contributed by atoms with van der Waals surface area (Å²) >= 11 is 7.14. The predicted octanol–water partition coefficient (Wildman–Crippen LogP) is 4.77. The Morgan fingerprint density at radius 2 is 1.74 bits per heavy atom. The van der Waals surface area contributed by atoms with Crippen molar-refractivity contribution in [2.24, 2.45) is 5.10 Å². The molecule has 1 heterocycles. The first kappa shape index (κ1) is 27.0.